The largest absolute Gasteiger partial charge is 0.217 e. The Bertz CT molecular complexity index is 111. The van der Waals surface area contributed by atoms with Crippen LogP contribution >= 0.6 is 11.8 Å². The van der Waals surface area contributed by atoms with Gasteiger partial charge in [0.1, 0.15) is 0 Å². The number of hydrogen-bond acceptors (Lipinski definition) is 1. The molecule has 0 heterocycles. The Hall–Kier alpha value is 0.250. The molecule has 0 saturated carbocycles. The molecule has 0 fully saturated rings. The molecule has 0 radical (unpaired) electrons. The smallest absolute Gasteiger partial charge is 0.0351 e. The number of hydrogen-bond donors (Lipinski definition) is 0. The molecule has 62 valence electrons. The number of nitrogens with zero attached hydrogens (tertiary/aromatic N) is 1. The molecular formula is C8H18ClN. The highest BCUT2D eigenvalue weighted by Gasteiger charge is 2.35. The third kappa shape index (κ3) is 1.86. The second kappa shape index (κ2) is 2.71. The Kier molecular flexibility index (Phi) is 2.77. The van der Waals surface area contributed by atoms with Crippen molar-refractivity contribution >= 4 is 11.8 Å². The molecule has 2 heteroatoms. The van der Waals surface area contributed by atoms with E-state index in [2.05, 4.69) is 34.6 Å². The fourth-order valence-electron chi connectivity index (χ4n) is 0.462. The molecule has 0 aliphatic heterocycles. The number of halogens is 1. The minimum absolute atomic E-state index is 0.0363. The summed E-state index contributed by atoms with van der Waals surface area (Å²) in [5.41, 5.74) is 0.248. The van der Waals surface area contributed by atoms with Gasteiger partial charge in [-0.2, -0.15) is 0 Å². The molecule has 10 heavy (non-hydrogen) atoms. The Morgan fingerprint density at radius 3 is 1.30 bits per heavy atom. The lowest BCUT2D eigenvalue weighted by Crippen LogP contribution is -2.46. The SMILES string of the molecule is CN(Cl)C(C)(C)C(C)(C)C. The van der Waals surface area contributed by atoms with Crippen LogP contribution in [0.5, 0.6) is 0 Å². The van der Waals surface area contributed by atoms with Crippen LogP contribution in [0, 0.1) is 5.41 Å². The van der Waals surface area contributed by atoms with Crippen molar-refractivity contribution in [1.29, 1.82) is 0 Å². The first kappa shape index (κ1) is 10.2. The van der Waals surface area contributed by atoms with Gasteiger partial charge in [-0.25, -0.2) is 4.42 Å². The van der Waals surface area contributed by atoms with E-state index in [0.29, 0.717) is 0 Å². The van der Waals surface area contributed by atoms with Crippen LogP contribution in [0.1, 0.15) is 34.6 Å². The van der Waals surface area contributed by atoms with Gasteiger partial charge in [-0.05, 0) is 31.0 Å². The van der Waals surface area contributed by atoms with E-state index in [0.717, 1.165) is 0 Å². The van der Waals surface area contributed by atoms with Crippen LogP contribution in [0.4, 0.5) is 0 Å². The third-order valence-corrected chi connectivity index (χ3v) is 3.03. The van der Waals surface area contributed by atoms with Crippen LogP contribution in [-0.4, -0.2) is 17.0 Å². The average Bonchev–Trinajstić information content (AvgIpc) is 1.62. The normalized spacial score (nSPS) is 14.4. The van der Waals surface area contributed by atoms with E-state index in [9.17, 15) is 0 Å². The molecule has 0 spiro atoms. The van der Waals surface area contributed by atoms with Gasteiger partial charge in [-0.15, -0.1) is 0 Å². The fraction of sp³-hybridized carbons (Fsp3) is 1.00. The van der Waals surface area contributed by atoms with Gasteiger partial charge in [-0.1, -0.05) is 20.8 Å². The van der Waals surface area contributed by atoms with E-state index in [-0.39, 0.29) is 11.0 Å². The lowest BCUT2D eigenvalue weighted by Gasteiger charge is -2.42. The molecule has 0 atom stereocenters. The summed E-state index contributed by atoms with van der Waals surface area (Å²) in [6.45, 7) is 10.8. The summed E-state index contributed by atoms with van der Waals surface area (Å²) in [4.78, 5) is 0. The van der Waals surface area contributed by atoms with E-state index >= 15 is 0 Å². The molecule has 0 aromatic rings. The highest BCUT2D eigenvalue weighted by molar-refractivity contribution is 6.13. The fourth-order valence-corrected chi connectivity index (χ4v) is 0.716. The van der Waals surface area contributed by atoms with Crippen molar-refractivity contribution in [3.8, 4) is 0 Å². The zero-order valence-corrected chi connectivity index (χ0v) is 8.58. The number of rotatable bonds is 1. The van der Waals surface area contributed by atoms with E-state index in [4.69, 9.17) is 11.8 Å². The van der Waals surface area contributed by atoms with Crippen LogP contribution in [-0.2, 0) is 0 Å². The van der Waals surface area contributed by atoms with Gasteiger partial charge in [0.05, 0.1) is 0 Å². The van der Waals surface area contributed by atoms with Crippen LogP contribution < -0.4 is 0 Å². The van der Waals surface area contributed by atoms with Gasteiger partial charge in [0.15, 0.2) is 0 Å². The molecule has 0 aromatic carbocycles. The predicted molar refractivity (Wildman–Crippen MR) is 47.2 cm³/mol. The van der Waals surface area contributed by atoms with Gasteiger partial charge in [-0.3, -0.25) is 0 Å². The van der Waals surface area contributed by atoms with Crippen LogP contribution in [0.25, 0.3) is 0 Å². The quantitative estimate of drug-likeness (QED) is 0.538. The Morgan fingerprint density at radius 2 is 1.30 bits per heavy atom. The van der Waals surface area contributed by atoms with Gasteiger partial charge in [0.25, 0.3) is 0 Å². The second-order valence-corrected chi connectivity index (χ2v) is 4.79. The van der Waals surface area contributed by atoms with Crippen molar-refractivity contribution in [2.45, 2.75) is 40.2 Å². The summed E-state index contributed by atoms with van der Waals surface area (Å²) in [5.74, 6) is 0. The van der Waals surface area contributed by atoms with Gasteiger partial charge in [0, 0.05) is 12.6 Å². The molecule has 0 bridgehead atoms. The summed E-state index contributed by atoms with van der Waals surface area (Å²) in [5, 5.41) is 0. The summed E-state index contributed by atoms with van der Waals surface area (Å²) in [6, 6.07) is 0. The first-order valence-corrected chi connectivity index (χ1v) is 3.93. The summed E-state index contributed by atoms with van der Waals surface area (Å²) in [7, 11) is 1.90. The molecule has 0 unspecified atom stereocenters. The lowest BCUT2D eigenvalue weighted by molar-refractivity contribution is 0.111. The molecule has 0 aromatic heterocycles. The third-order valence-electron chi connectivity index (χ3n) is 2.61. The van der Waals surface area contributed by atoms with Crippen molar-refractivity contribution in [1.82, 2.24) is 4.42 Å². The Morgan fingerprint density at radius 1 is 1.00 bits per heavy atom. The minimum atomic E-state index is 0.0363. The molecule has 1 nitrogen and oxygen atoms in total. The monoisotopic (exact) mass is 163 g/mol. The van der Waals surface area contributed by atoms with Crippen molar-refractivity contribution in [3.05, 3.63) is 0 Å². The Labute approximate surface area is 69.5 Å². The van der Waals surface area contributed by atoms with Gasteiger partial charge >= 0.3 is 0 Å². The first-order valence-electron chi connectivity index (χ1n) is 3.59. The van der Waals surface area contributed by atoms with Crippen molar-refractivity contribution < 1.29 is 0 Å². The summed E-state index contributed by atoms with van der Waals surface area (Å²) < 4.78 is 1.74. The maximum absolute atomic E-state index is 5.89. The molecule has 0 aliphatic rings. The highest BCUT2D eigenvalue weighted by Crippen LogP contribution is 2.34. The summed E-state index contributed by atoms with van der Waals surface area (Å²) >= 11 is 5.89. The van der Waals surface area contributed by atoms with Gasteiger partial charge in [0.2, 0.25) is 0 Å². The molecule has 0 rings (SSSR count). The molecule has 0 aliphatic carbocycles. The first-order chi connectivity index (χ1) is 4.19. The zero-order valence-electron chi connectivity index (χ0n) is 7.83. The van der Waals surface area contributed by atoms with E-state index < -0.39 is 0 Å². The highest BCUT2D eigenvalue weighted by atomic mass is 35.5. The average molecular weight is 164 g/mol. The van der Waals surface area contributed by atoms with Crippen molar-refractivity contribution in [2.75, 3.05) is 7.05 Å². The molecule has 0 N–H and O–H groups in total. The van der Waals surface area contributed by atoms with Crippen molar-refractivity contribution in [2.24, 2.45) is 5.41 Å². The van der Waals surface area contributed by atoms with Crippen molar-refractivity contribution in [3.63, 3.8) is 0 Å². The standard InChI is InChI=1S/C8H18ClN/c1-7(2,3)8(4,5)10(6)9/h1-6H3. The predicted octanol–water partition coefficient (Wildman–Crippen LogP) is 2.90. The van der Waals surface area contributed by atoms with E-state index in [1.54, 1.807) is 4.42 Å². The molecule has 0 saturated heterocycles. The maximum Gasteiger partial charge on any atom is 0.0351 e. The summed E-state index contributed by atoms with van der Waals surface area (Å²) in [6.07, 6.45) is 0. The second-order valence-electron chi connectivity index (χ2n) is 4.29. The van der Waals surface area contributed by atoms with E-state index in [1.165, 1.54) is 0 Å². The molecular weight excluding hydrogens is 146 g/mol. The maximum atomic E-state index is 5.89. The zero-order chi connectivity index (χ0) is 8.58. The lowest BCUT2D eigenvalue weighted by atomic mass is 9.76. The van der Waals surface area contributed by atoms with Crippen LogP contribution in [0.3, 0.4) is 0 Å². The van der Waals surface area contributed by atoms with E-state index in [1.807, 2.05) is 7.05 Å². The van der Waals surface area contributed by atoms with Crippen LogP contribution in [0.15, 0.2) is 0 Å². The Balaban J connectivity index is 4.40. The van der Waals surface area contributed by atoms with Crippen LogP contribution in [0.2, 0.25) is 0 Å². The minimum Gasteiger partial charge on any atom is -0.217 e. The molecule has 0 amide bonds. The van der Waals surface area contributed by atoms with Gasteiger partial charge < -0.3 is 0 Å². The topological polar surface area (TPSA) is 3.24 Å².